The molecule has 0 amide bonds. The second-order valence-corrected chi connectivity index (χ2v) is 6.92. The Kier molecular flexibility index (Phi) is 3.35. The lowest BCUT2D eigenvalue weighted by Crippen LogP contribution is -2.31. The summed E-state index contributed by atoms with van der Waals surface area (Å²) in [4.78, 5) is 5.90. The third-order valence-electron chi connectivity index (χ3n) is 4.32. The van der Waals surface area contributed by atoms with Gasteiger partial charge in [-0.15, -0.1) is 11.3 Å². The van der Waals surface area contributed by atoms with Crippen molar-refractivity contribution in [2.75, 3.05) is 0 Å². The lowest BCUT2D eigenvalue weighted by atomic mass is 9.69. The maximum Gasteiger partial charge on any atom is 0.0950 e. The molecule has 3 heteroatoms. The summed E-state index contributed by atoms with van der Waals surface area (Å²) < 4.78 is 0. The lowest BCUT2D eigenvalue weighted by molar-refractivity contribution is 0.449. The minimum Gasteiger partial charge on any atom is -0.246 e. The summed E-state index contributed by atoms with van der Waals surface area (Å²) in [6.45, 7) is 4.15. The maximum atomic E-state index is 9.85. The molecule has 0 spiro atoms. The number of hydrogen-bond acceptors (Lipinski definition) is 3. The van der Waals surface area contributed by atoms with Gasteiger partial charge in [0.2, 0.25) is 0 Å². The molecule has 1 heterocycles. The molecule has 0 fully saturated rings. The fourth-order valence-corrected chi connectivity index (χ4v) is 4.18. The van der Waals surface area contributed by atoms with Gasteiger partial charge >= 0.3 is 0 Å². The number of benzene rings is 1. The molecule has 0 saturated carbocycles. The largest absolute Gasteiger partial charge is 0.246 e. The fourth-order valence-electron chi connectivity index (χ4n) is 3.13. The second kappa shape index (κ2) is 5.03. The van der Waals surface area contributed by atoms with E-state index in [2.05, 4.69) is 42.2 Å². The van der Waals surface area contributed by atoms with Crippen LogP contribution in [0.15, 0.2) is 24.3 Å². The van der Waals surface area contributed by atoms with Gasteiger partial charge in [0.25, 0.3) is 0 Å². The van der Waals surface area contributed by atoms with E-state index in [0.29, 0.717) is 0 Å². The molecule has 102 valence electrons. The van der Waals surface area contributed by atoms with E-state index < -0.39 is 0 Å². The van der Waals surface area contributed by atoms with Gasteiger partial charge in [-0.25, -0.2) is 4.98 Å². The molecule has 1 unspecified atom stereocenters. The van der Waals surface area contributed by atoms with E-state index in [0.717, 1.165) is 36.4 Å². The Balaban J connectivity index is 2.03. The molecule has 1 aromatic carbocycles. The van der Waals surface area contributed by atoms with Crippen LogP contribution in [0.25, 0.3) is 0 Å². The monoisotopic (exact) mass is 282 g/mol. The Morgan fingerprint density at radius 3 is 2.85 bits per heavy atom. The third kappa shape index (κ3) is 2.14. The van der Waals surface area contributed by atoms with E-state index in [4.69, 9.17) is 0 Å². The summed E-state index contributed by atoms with van der Waals surface area (Å²) in [7, 11) is 0. The van der Waals surface area contributed by atoms with Gasteiger partial charge in [0.1, 0.15) is 0 Å². The van der Waals surface area contributed by atoms with Crippen LogP contribution >= 0.6 is 11.3 Å². The Labute approximate surface area is 124 Å². The van der Waals surface area contributed by atoms with Gasteiger partial charge in [-0.3, -0.25) is 0 Å². The van der Waals surface area contributed by atoms with Crippen LogP contribution in [0.4, 0.5) is 0 Å². The van der Waals surface area contributed by atoms with Gasteiger partial charge in [-0.2, -0.15) is 5.26 Å². The topological polar surface area (TPSA) is 36.7 Å². The quantitative estimate of drug-likeness (QED) is 0.831. The first kappa shape index (κ1) is 13.3. The highest BCUT2D eigenvalue weighted by Crippen LogP contribution is 2.40. The number of nitriles is 1. The number of fused-ring (bicyclic) bond motifs is 1. The summed E-state index contributed by atoms with van der Waals surface area (Å²) in [5, 5.41) is 10.9. The average Bonchev–Trinajstić information content (AvgIpc) is 2.77. The number of aromatic nitrogens is 1. The third-order valence-corrected chi connectivity index (χ3v) is 5.40. The van der Waals surface area contributed by atoms with Crippen LogP contribution in [0, 0.1) is 25.2 Å². The summed E-state index contributed by atoms with van der Waals surface area (Å²) >= 11 is 1.73. The van der Waals surface area contributed by atoms with Crippen LogP contribution in [0.5, 0.6) is 0 Å². The Hall–Kier alpha value is -1.66. The molecule has 0 N–H and O–H groups in total. The lowest BCUT2D eigenvalue weighted by Gasteiger charge is -2.32. The molecular formula is C17H18N2S. The van der Waals surface area contributed by atoms with Crippen molar-refractivity contribution in [3.63, 3.8) is 0 Å². The van der Waals surface area contributed by atoms with Gasteiger partial charge < -0.3 is 0 Å². The van der Waals surface area contributed by atoms with Crippen molar-refractivity contribution in [1.82, 2.24) is 4.98 Å². The van der Waals surface area contributed by atoms with Gasteiger partial charge in [0.15, 0.2) is 0 Å². The zero-order valence-corrected chi connectivity index (χ0v) is 12.8. The molecule has 0 saturated heterocycles. The fraction of sp³-hybridized carbons (Fsp3) is 0.412. The van der Waals surface area contributed by atoms with Crippen LogP contribution in [-0.2, 0) is 18.3 Å². The molecule has 0 aliphatic heterocycles. The molecule has 0 radical (unpaired) electrons. The zero-order chi connectivity index (χ0) is 14.2. The molecule has 20 heavy (non-hydrogen) atoms. The number of aryl methyl sites for hydroxylation is 3. The standard InChI is InChI=1S/C17H18N2S/c1-12-13(2)20-16(19-12)10-17(11-18)9-5-7-14-6-3-4-8-15(14)17/h3-4,6,8H,5,7,9-10H2,1-2H3. The predicted molar refractivity (Wildman–Crippen MR) is 82.0 cm³/mol. The molecule has 1 aliphatic rings. The van der Waals surface area contributed by atoms with E-state index in [9.17, 15) is 5.26 Å². The summed E-state index contributed by atoms with van der Waals surface area (Å²) in [5.41, 5.74) is 3.28. The van der Waals surface area contributed by atoms with E-state index in [1.807, 2.05) is 6.92 Å². The molecule has 1 aliphatic carbocycles. The molecule has 1 aromatic heterocycles. The minimum absolute atomic E-state index is 0.383. The van der Waals surface area contributed by atoms with Crippen molar-refractivity contribution in [2.24, 2.45) is 0 Å². The van der Waals surface area contributed by atoms with Crippen molar-refractivity contribution in [3.8, 4) is 6.07 Å². The van der Waals surface area contributed by atoms with Gasteiger partial charge in [-0.05, 0) is 44.2 Å². The SMILES string of the molecule is Cc1nc(CC2(C#N)CCCc3ccccc32)sc1C. The van der Waals surface area contributed by atoms with Crippen molar-refractivity contribution >= 4 is 11.3 Å². The highest BCUT2D eigenvalue weighted by molar-refractivity contribution is 7.11. The predicted octanol–water partition coefficient (Wildman–Crippen LogP) is 4.10. The Morgan fingerprint density at radius 2 is 2.15 bits per heavy atom. The summed E-state index contributed by atoms with van der Waals surface area (Å²) in [6, 6.07) is 11.0. The molecule has 2 aromatic rings. The van der Waals surface area contributed by atoms with E-state index in [1.165, 1.54) is 16.0 Å². The first-order chi connectivity index (χ1) is 9.64. The van der Waals surface area contributed by atoms with E-state index in [-0.39, 0.29) is 5.41 Å². The molecular weight excluding hydrogens is 264 g/mol. The summed E-state index contributed by atoms with van der Waals surface area (Å²) in [5.74, 6) is 0. The number of hydrogen-bond donors (Lipinski definition) is 0. The number of nitrogens with zero attached hydrogens (tertiary/aromatic N) is 2. The molecule has 2 nitrogen and oxygen atoms in total. The van der Waals surface area contributed by atoms with Crippen molar-refractivity contribution in [1.29, 1.82) is 5.26 Å². The molecule has 1 atom stereocenters. The zero-order valence-electron chi connectivity index (χ0n) is 11.9. The van der Waals surface area contributed by atoms with Gasteiger partial charge in [0.05, 0.1) is 22.2 Å². The van der Waals surface area contributed by atoms with Crippen LogP contribution in [0.3, 0.4) is 0 Å². The van der Waals surface area contributed by atoms with Crippen LogP contribution < -0.4 is 0 Å². The van der Waals surface area contributed by atoms with Crippen LogP contribution in [0.2, 0.25) is 0 Å². The van der Waals surface area contributed by atoms with E-state index in [1.54, 1.807) is 11.3 Å². The Bertz CT molecular complexity index is 661. The van der Waals surface area contributed by atoms with Crippen LogP contribution in [0.1, 0.15) is 39.5 Å². The number of thiazole rings is 1. The van der Waals surface area contributed by atoms with E-state index >= 15 is 0 Å². The maximum absolute atomic E-state index is 9.85. The first-order valence-electron chi connectivity index (χ1n) is 7.07. The number of rotatable bonds is 2. The smallest absolute Gasteiger partial charge is 0.0950 e. The highest BCUT2D eigenvalue weighted by Gasteiger charge is 2.37. The van der Waals surface area contributed by atoms with Crippen molar-refractivity contribution < 1.29 is 0 Å². The first-order valence-corrected chi connectivity index (χ1v) is 7.89. The molecule has 3 rings (SSSR count). The second-order valence-electron chi connectivity index (χ2n) is 5.63. The normalized spacial score (nSPS) is 21.2. The van der Waals surface area contributed by atoms with Gasteiger partial charge in [0, 0.05) is 11.3 Å². The van der Waals surface area contributed by atoms with Crippen molar-refractivity contribution in [3.05, 3.63) is 51.0 Å². The van der Waals surface area contributed by atoms with Gasteiger partial charge in [-0.1, -0.05) is 24.3 Å². The van der Waals surface area contributed by atoms with Crippen molar-refractivity contribution in [2.45, 2.75) is 44.9 Å². The summed E-state index contributed by atoms with van der Waals surface area (Å²) in [6.07, 6.45) is 3.88. The minimum atomic E-state index is -0.383. The highest BCUT2D eigenvalue weighted by atomic mass is 32.1. The Morgan fingerprint density at radius 1 is 1.35 bits per heavy atom. The van der Waals surface area contributed by atoms with Crippen LogP contribution in [-0.4, -0.2) is 4.98 Å². The average molecular weight is 282 g/mol. The molecule has 0 bridgehead atoms.